The van der Waals surface area contributed by atoms with Crippen LogP contribution >= 0.6 is 0 Å². The second-order valence-corrected chi connectivity index (χ2v) is 7.50. The second-order valence-electron chi connectivity index (χ2n) is 7.50. The van der Waals surface area contributed by atoms with Crippen LogP contribution < -0.4 is 9.64 Å². The zero-order valence-corrected chi connectivity index (χ0v) is 17.5. The Kier molecular flexibility index (Phi) is 4.82. The molecule has 1 aromatic carbocycles. The number of amides is 1. The van der Waals surface area contributed by atoms with Gasteiger partial charge < -0.3 is 19.0 Å². The second kappa shape index (κ2) is 7.79. The van der Waals surface area contributed by atoms with E-state index in [1.807, 2.05) is 57.9 Å². The maximum Gasteiger partial charge on any atom is 0.219 e. The third-order valence-electron chi connectivity index (χ3n) is 5.60. The van der Waals surface area contributed by atoms with Gasteiger partial charge in [0, 0.05) is 50.8 Å². The van der Waals surface area contributed by atoms with Crippen LogP contribution in [0.1, 0.15) is 6.92 Å². The number of ether oxygens (including phenoxy) is 1. The highest BCUT2D eigenvalue weighted by atomic mass is 16.5. The molecule has 5 rings (SSSR count). The molecule has 0 saturated carbocycles. The number of carbonyl (C=O) groups excluding carboxylic acids is 1. The van der Waals surface area contributed by atoms with Gasteiger partial charge in [-0.3, -0.25) is 4.79 Å². The molecule has 1 amide bonds. The fraction of sp³-hybridized carbons (Fsp3) is 0.261. The summed E-state index contributed by atoms with van der Waals surface area (Å²) in [6.45, 7) is 4.43. The Labute approximate surface area is 179 Å². The van der Waals surface area contributed by atoms with Gasteiger partial charge in [0.05, 0.1) is 19.1 Å². The standard InChI is InChI=1S/C23H23N5O3/c1-16(29)26-8-10-27(11-9-26)23-15-20(21-7-4-12-31-21)24-22-14-19(25-28(22)23)17-5-3-6-18(13-17)30-2/h3-7,12-15H,8-11H2,1-2H3. The number of aromatic nitrogens is 3. The van der Waals surface area contributed by atoms with E-state index in [-0.39, 0.29) is 5.91 Å². The van der Waals surface area contributed by atoms with Crippen LogP contribution in [0.4, 0.5) is 5.82 Å². The van der Waals surface area contributed by atoms with Crippen molar-refractivity contribution in [3.63, 3.8) is 0 Å². The summed E-state index contributed by atoms with van der Waals surface area (Å²) >= 11 is 0. The molecular formula is C23H23N5O3. The van der Waals surface area contributed by atoms with Crippen LogP contribution in [0.15, 0.2) is 59.2 Å². The molecule has 8 nitrogen and oxygen atoms in total. The Hall–Kier alpha value is -3.81. The number of piperazine rings is 1. The number of benzene rings is 1. The first-order valence-corrected chi connectivity index (χ1v) is 10.2. The quantitative estimate of drug-likeness (QED) is 0.507. The van der Waals surface area contributed by atoms with Crippen molar-refractivity contribution in [2.45, 2.75) is 6.92 Å². The van der Waals surface area contributed by atoms with Crippen molar-refractivity contribution in [2.75, 3.05) is 38.2 Å². The van der Waals surface area contributed by atoms with E-state index >= 15 is 0 Å². The summed E-state index contributed by atoms with van der Waals surface area (Å²) in [5, 5.41) is 4.86. The van der Waals surface area contributed by atoms with Gasteiger partial charge in [-0.2, -0.15) is 9.61 Å². The summed E-state index contributed by atoms with van der Waals surface area (Å²) in [7, 11) is 1.65. The zero-order valence-electron chi connectivity index (χ0n) is 17.5. The lowest BCUT2D eigenvalue weighted by molar-refractivity contribution is -0.129. The molecule has 4 aromatic rings. The predicted octanol–water partition coefficient (Wildman–Crippen LogP) is 3.33. The van der Waals surface area contributed by atoms with Crippen molar-refractivity contribution in [3.05, 3.63) is 54.8 Å². The molecular weight excluding hydrogens is 394 g/mol. The summed E-state index contributed by atoms with van der Waals surface area (Å²) in [5.74, 6) is 2.51. The molecule has 1 aliphatic rings. The normalized spacial score (nSPS) is 14.3. The number of nitrogens with zero attached hydrogens (tertiary/aromatic N) is 5. The summed E-state index contributed by atoms with van der Waals surface area (Å²) in [5.41, 5.74) is 3.25. The lowest BCUT2D eigenvalue weighted by atomic mass is 10.1. The molecule has 0 atom stereocenters. The van der Waals surface area contributed by atoms with E-state index in [0.29, 0.717) is 18.8 Å². The molecule has 31 heavy (non-hydrogen) atoms. The minimum Gasteiger partial charge on any atom is -0.497 e. The predicted molar refractivity (Wildman–Crippen MR) is 117 cm³/mol. The van der Waals surface area contributed by atoms with Crippen LogP contribution in [0.2, 0.25) is 0 Å². The van der Waals surface area contributed by atoms with E-state index in [2.05, 4.69) is 4.90 Å². The molecule has 3 aromatic heterocycles. The Morgan fingerprint density at radius 1 is 1.03 bits per heavy atom. The third kappa shape index (κ3) is 3.61. The van der Waals surface area contributed by atoms with Crippen LogP contribution in [0, 0.1) is 0 Å². The SMILES string of the molecule is COc1cccc(-c2cc3nc(-c4ccco4)cc(N4CCN(C(C)=O)CC4)n3n2)c1. The monoisotopic (exact) mass is 417 g/mol. The van der Waals surface area contributed by atoms with Crippen molar-refractivity contribution in [2.24, 2.45) is 0 Å². The van der Waals surface area contributed by atoms with Gasteiger partial charge in [0.1, 0.15) is 17.3 Å². The smallest absolute Gasteiger partial charge is 0.219 e. The molecule has 1 fully saturated rings. The number of carbonyl (C=O) groups is 1. The van der Waals surface area contributed by atoms with Crippen LogP contribution in [0.3, 0.4) is 0 Å². The maximum absolute atomic E-state index is 11.7. The topological polar surface area (TPSA) is 76.1 Å². The highest BCUT2D eigenvalue weighted by Crippen LogP contribution is 2.29. The molecule has 1 saturated heterocycles. The molecule has 0 aliphatic carbocycles. The number of rotatable bonds is 4. The summed E-state index contributed by atoms with van der Waals surface area (Å²) in [6, 6.07) is 15.5. The van der Waals surface area contributed by atoms with Crippen molar-refractivity contribution in [3.8, 4) is 28.5 Å². The molecule has 0 unspecified atom stereocenters. The third-order valence-corrected chi connectivity index (χ3v) is 5.60. The van der Waals surface area contributed by atoms with Crippen LogP contribution in [-0.2, 0) is 4.79 Å². The van der Waals surface area contributed by atoms with Crippen LogP contribution in [-0.4, -0.2) is 58.7 Å². The van der Waals surface area contributed by atoms with Gasteiger partial charge in [-0.1, -0.05) is 12.1 Å². The highest BCUT2D eigenvalue weighted by Gasteiger charge is 2.23. The number of fused-ring (bicyclic) bond motifs is 1. The number of hydrogen-bond donors (Lipinski definition) is 0. The summed E-state index contributed by atoms with van der Waals surface area (Å²) < 4.78 is 12.8. The van der Waals surface area contributed by atoms with Crippen LogP contribution in [0.25, 0.3) is 28.4 Å². The summed E-state index contributed by atoms with van der Waals surface area (Å²) in [6.07, 6.45) is 1.64. The van der Waals surface area contributed by atoms with Crippen LogP contribution in [0.5, 0.6) is 5.75 Å². The van der Waals surface area contributed by atoms with Crippen molar-refractivity contribution in [1.29, 1.82) is 0 Å². The molecule has 0 spiro atoms. The molecule has 0 radical (unpaired) electrons. The first kappa shape index (κ1) is 19.2. The Balaban J connectivity index is 1.60. The average molecular weight is 417 g/mol. The molecule has 0 bridgehead atoms. The maximum atomic E-state index is 11.7. The van der Waals surface area contributed by atoms with Gasteiger partial charge in [0.25, 0.3) is 0 Å². The Bertz CT molecular complexity index is 1220. The first-order chi connectivity index (χ1) is 15.1. The minimum atomic E-state index is 0.107. The van der Waals surface area contributed by atoms with E-state index in [1.165, 1.54) is 0 Å². The van der Waals surface area contributed by atoms with E-state index in [1.54, 1.807) is 20.3 Å². The first-order valence-electron chi connectivity index (χ1n) is 10.2. The van der Waals surface area contributed by atoms with E-state index < -0.39 is 0 Å². The number of furan rings is 1. The molecule has 4 heterocycles. The summed E-state index contributed by atoms with van der Waals surface area (Å²) in [4.78, 5) is 20.6. The van der Waals surface area contributed by atoms with E-state index in [0.717, 1.165) is 47.3 Å². The zero-order chi connectivity index (χ0) is 21.4. The van der Waals surface area contributed by atoms with Gasteiger partial charge in [-0.15, -0.1) is 0 Å². The van der Waals surface area contributed by atoms with Gasteiger partial charge in [-0.05, 0) is 24.3 Å². The average Bonchev–Trinajstić information content (AvgIpc) is 3.48. The van der Waals surface area contributed by atoms with Crippen molar-refractivity contribution < 1.29 is 13.9 Å². The molecule has 158 valence electrons. The molecule has 0 N–H and O–H groups in total. The molecule has 8 heteroatoms. The number of hydrogen-bond acceptors (Lipinski definition) is 6. The van der Waals surface area contributed by atoms with Gasteiger partial charge in [0.15, 0.2) is 11.4 Å². The fourth-order valence-electron chi connectivity index (χ4n) is 3.91. The van der Waals surface area contributed by atoms with Gasteiger partial charge >= 0.3 is 0 Å². The number of anilines is 1. The van der Waals surface area contributed by atoms with E-state index in [4.69, 9.17) is 19.2 Å². The van der Waals surface area contributed by atoms with Gasteiger partial charge in [-0.25, -0.2) is 4.98 Å². The number of methoxy groups -OCH3 is 1. The largest absolute Gasteiger partial charge is 0.497 e. The molecule has 1 aliphatic heterocycles. The van der Waals surface area contributed by atoms with Crippen molar-refractivity contribution in [1.82, 2.24) is 19.5 Å². The minimum absolute atomic E-state index is 0.107. The lowest BCUT2D eigenvalue weighted by Crippen LogP contribution is -2.48. The lowest BCUT2D eigenvalue weighted by Gasteiger charge is -2.35. The Morgan fingerprint density at radius 3 is 2.58 bits per heavy atom. The fourth-order valence-corrected chi connectivity index (χ4v) is 3.91. The van der Waals surface area contributed by atoms with Crippen molar-refractivity contribution >= 4 is 17.4 Å². The van der Waals surface area contributed by atoms with E-state index in [9.17, 15) is 4.79 Å². The van der Waals surface area contributed by atoms with Gasteiger partial charge in [0.2, 0.25) is 5.91 Å². The Morgan fingerprint density at radius 2 is 1.87 bits per heavy atom. The highest BCUT2D eigenvalue weighted by molar-refractivity contribution is 5.74.